The van der Waals surface area contributed by atoms with Crippen LogP contribution in [-0.4, -0.2) is 32.3 Å². The Morgan fingerprint density at radius 2 is 2.18 bits per heavy atom. The molecule has 0 saturated carbocycles. The molecule has 8 nitrogen and oxygen atoms in total. The van der Waals surface area contributed by atoms with Gasteiger partial charge in [0.05, 0.1) is 29.0 Å². The number of ether oxygens (including phenoxy) is 2. The second kappa shape index (κ2) is 9.87. The van der Waals surface area contributed by atoms with E-state index in [2.05, 4.69) is 20.5 Å². The zero-order chi connectivity index (χ0) is 23.4. The van der Waals surface area contributed by atoms with E-state index in [4.69, 9.17) is 21.1 Å². The Hall–Kier alpha value is -3.65. The molecule has 4 rings (SSSR count). The van der Waals surface area contributed by atoms with Gasteiger partial charge in [0.15, 0.2) is 5.82 Å². The van der Waals surface area contributed by atoms with Crippen LogP contribution in [0.2, 0.25) is 0 Å². The number of aromatic nitrogens is 4. The van der Waals surface area contributed by atoms with E-state index in [0.29, 0.717) is 41.9 Å². The van der Waals surface area contributed by atoms with E-state index >= 15 is 0 Å². The number of fused-ring (bicyclic) bond motifs is 1. The first-order valence-corrected chi connectivity index (χ1v) is 10.9. The average molecular weight is 466 g/mol. The summed E-state index contributed by atoms with van der Waals surface area (Å²) in [5.41, 5.74) is 3.55. The molecular formula is C24H24ClN5O3. The molecule has 0 aromatic carbocycles. The Labute approximate surface area is 196 Å². The quantitative estimate of drug-likeness (QED) is 0.502. The third-order valence-corrected chi connectivity index (χ3v) is 5.58. The molecule has 9 heteroatoms. The number of nitrogens with one attached hydrogen (secondary N) is 1. The van der Waals surface area contributed by atoms with E-state index in [1.807, 2.05) is 44.3 Å². The van der Waals surface area contributed by atoms with Crippen LogP contribution < -0.4 is 5.32 Å². The maximum Gasteiger partial charge on any atom is 0.355 e. The fourth-order valence-corrected chi connectivity index (χ4v) is 3.96. The fourth-order valence-electron chi connectivity index (χ4n) is 3.71. The number of aryl methyl sites for hydroxylation is 2. The second-order valence-corrected chi connectivity index (χ2v) is 7.83. The number of carbonyl (C=O) groups is 1. The van der Waals surface area contributed by atoms with Gasteiger partial charge in [-0.15, -0.1) is 5.10 Å². The summed E-state index contributed by atoms with van der Waals surface area (Å²) < 4.78 is 12.9. The number of nitrogens with zero attached hydrogens (tertiary/aromatic N) is 4. The van der Waals surface area contributed by atoms with Crippen LogP contribution in [0.3, 0.4) is 0 Å². The monoisotopic (exact) mass is 465 g/mol. The lowest BCUT2D eigenvalue weighted by atomic mass is 10.2. The lowest BCUT2D eigenvalue weighted by Gasteiger charge is -2.09. The number of carbonyl (C=O) groups excluding carboxylic acids is 1. The zero-order valence-electron chi connectivity index (χ0n) is 18.6. The molecule has 1 aliphatic rings. The number of rotatable bonds is 7. The average Bonchev–Trinajstić information content (AvgIpc) is 2.94. The number of anilines is 1. The van der Waals surface area contributed by atoms with Gasteiger partial charge in [-0.2, -0.15) is 5.10 Å². The zero-order valence-corrected chi connectivity index (χ0v) is 19.4. The molecule has 0 spiro atoms. The van der Waals surface area contributed by atoms with Crippen LogP contribution in [0.5, 0.6) is 0 Å². The minimum atomic E-state index is -0.381. The van der Waals surface area contributed by atoms with E-state index in [0.717, 1.165) is 27.9 Å². The highest BCUT2D eigenvalue weighted by Crippen LogP contribution is 2.31. The Bertz CT molecular complexity index is 1280. The van der Waals surface area contributed by atoms with Crippen LogP contribution in [0.15, 0.2) is 65.3 Å². The smallest absolute Gasteiger partial charge is 0.355 e. The molecule has 0 atom stereocenters. The number of allylic oxidation sites excluding steroid dienone is 4. The summed E-state index contributed by atoms with van der Waals surface area (Å²) in [7, 11) is 1.81. The molecule has 170 valence electrons. The maximum absolute atomic E-state index is 12.5. The largest absolute Gasteiger partial charge is 0.490 e. The van der Waals surface area contributed by atoms with Crippen LogP contribution in [-0.2, 0) is 23.1 Å². The number of halogens is 1. The molecule has 0 amide bonds. The van der Waals surface area contributed by atoms with Gasteiger partial charge in [0, 0.05) is 30.7 Å². The molecule has 3 aromatic heterocycles. The molecule has 0 fully saturated rings. The van der Waals surface area contributed by atoms with E-state index in [1.165, 1.54) is 0 Å². The first-order valence-electron chi connectivity index (χ1n) is 10.5. The highest BCUT2D eigenvalue weighted by atomic mass is 35.5. The van der Waals surface area contributed by atoms with Gasteiger partial charge >= 0.3 is 5.97 Å². The second-order valence-electron chi connectivity index (χ2n) is 7.42. The molecule has 1 N–H and O–H groups in total. The van der Waals surface area contributed by atoms with Gasteiger partial charge in [-0.1, -0.05) is 23.7 Å². The summed E-state index contributed by atoms with van der Waals surface area (Å²) >= 11 is 6.55. The summed E-state index contributed by atoms with van der Waals surface area (Å²) in [5, 5.41) is 12.9. The SMILES string of the molecule is CCOC(=O)c1c(C)c2c(NC3=CC(Cl)=C(OCc4ccccn4)CC=C3)nncc2n1C. The predicted molar refractivity (Wildman–Crippen MR) is 127 cm³/mol. The van der Waals surface area contributed by atoms with Gasteiger partial charge < -0.3 is 19.4 Å². The molecule has 0 radical (unpaired) electrons. The normalized spacial score (nSPS) is 13.6. The molecule has 33 heavy (non-hydrogen) atoms. The highest BCUT2D eigenvalue weighted by molar-refractivity contribution is 6.31. The third kappa shape index (κ3) is 4.75. The van der Waals surface area contributed by atoms with Crippen molar-refractivity contribution in [3.63, 3.8) is 0 Å². The molecule has 3 aromatic rings. The first kappa shape index (κ1) is 22.5. The standard InChI is InChI=1S/C24H24ClN5O3/c1-4-32-24(31)22-15(2)21-19(30(22)3)13-27-29-23(21)28-16-9-7-10-20(18(25)12-16)33-14-17-8-5-6-11-26-17/h5-9,11-13H,4,10,14H2,1-3H3,(H,28,29). The Morgan fingerprint density at radius 3 is 2.94 bits per heavy atom. The van der Waals surface area contributed by atoms with Gasteiger partial charge in [-0.25, -0.2) is 4.79 Å². The predicted octanol–water partition coefficient (Wildman–Crippen LogP) is 4.77. The van der Waals surface area contributed by atoms with E-state index in [9.17, 15) is 4.79 Å². The number of pyridine rings is 1. The Kier molecular flexibility index (Phi) is 6.74. The molecule has 0 unspecified atom stereocenters. The van der Waals surface area contributed by atoms with Crippen molar-refractivity contribution in [2.75, 3.05) is 11.9 Å². The van der Waals surface area contributed by atoms with Crippen molar-refractivity contribution in [1.29, 1.82) is 0 Å². The summed E-state index contributed by atoms with van der Waals surface area (Å²) in [6.45, 7) is 4.29. The van der Waals surface area contributed by atoms with Crippen molar-refractivity contribution in [3.05, 3.63) is 82.3 Å². The van der Waals surface area contributed by atoms with E-state index < -0.39 is 0 Å². The van der Waals surface area contributed by atoms with Crippen LogP contribution in [0, 0.1) is 6.92 Å². The van der Waals surface area contributed by atoms with E-state index in [1.54, 1.807) is 30.0 Å². The fraction of sp³-hybridized carbons (Fsp3) is 0.250. The Balaban J connectivity index is 1.62. The van der Waals surface area contributed by atoms with E-state index in [-0.39, 0.29) is 5.97 Å². The van der Waals surface area contributed by atoms with Gasteiger partial charge in [0.25, 0.3) is 0 Å². The van der Waals surface area contributed by atoms with Crippen LogP contribution >= 0.6 is 11.6 Å². The molecule has 0 bridgehead atoms. The minimum Gasteiger partial charge on any atom is -0.490 e. The topological polar surface area (TPSA) is 91.2 Å². The molecular weight excluding hydrogens is 442 g/mol. The summed E-state index contributed by atoms with van der Waals surface area (Å²) in [6.07, 6.45) is 9.54. The first-order chi connectivity index (χ1) is 16.0. The molecule has 0 aliphatic heterocycles. The van der Waals surface area contributed by atoms with Gasteiger partial charge in [-0.3, -0.25) is 4.98 Å². The lowest BCUT2D eigenvalue weighted by molar-refractivity contribution is 0.0515. The van der Waals surface area contributed by atoms with Crippen LogP contribution in [0.25, 0.3) is 10.9 Å². The van der Waals surface area contributed by atoms with Crippen molar-refractivity contribution in [2.45, 2.75) is 26.9 Å². The summed E-state index contributed by atoms with van der Waals surface area (Å²) in [6, 6.07) is 5.67. The maximum atomic E-state index is 12.5. The Morgan fingerprint density at radius 1 is 1.33 bits per heavy atom. The van der Waals surface area contributed by atoms with Crippen LogP contribution in [0.1, 0.15) is 35.1 Å². The van der Waals surface area contributed by atoms with Crippen LogP contribution in [0.4, 0.5) is 5.82 Å². The lowest BCUT2D eigenvalue weighted by Crippen LogP contribution is -2.11. The van der Waals surface area contributed by atoms with Crippen molar-refractivity contribution >= 4 is 34.3 Å². The summed E-state index contributed by atoms with van der Waals surface area (Å²) in [5.74, 6) is 0.795. The van der Waals surface area contributed by atoms with Gasteiger partial charge in [0.1, 0.15) is 18.1 Å². The van der Waals surface area contributed by atoms with Gasteiger partial charge in [0.2, 0.25) is 0 Å². The van der Waals surface area contributed by atoms with Crippen molar-refractivity contribution in [3.8, 4) is 0 Å². The van der Waals surface area contributed by atoms with Crippen molar-refractivity contribution in [2.24, 2.45) is 7.05 Å². The van der Waals surface area contributed by atoms with Crippen molar-refractivity contribution < 1.29 is 14.3 Å². The number of hydrogen-bond donors (Lipinski definition) is 1. The number of hydrogen-bond acceptors (Lipinski definition) is 7. The molecule has 1 aliphatic carbocycles. The van der Waals surface area contributed by atoms with Crippen molar-refractivity contribution in [1.82, 2.24) is 19.7 Å². The van der Waals surface area contributed by atoms with Gasteiger partial charge in [-0.05, 0) is 43.7 Å². The summed E-state index contributed by atoms with van der Waals surface area (Å²) in [4.78, 5) is 16.7. The number of esters is 1. The minimum absolute atomic E-state index is 0.300. The molecule has 3 heterocycles. The molecule has 0 saturated heterocycles. The third-order valence-electron chi connectivity index (χ3n) is 5.26. The highest BCUT2D eigenvalue weighted by Gasteiger charge is 2.22.